The minimum atomic E-state index is -0.194. The number of amides is 2. The lowest BCUT2D eigenvalue weighted by atomic mass is 10.1. The fourth-order valence-corrected chi connectivity index (χ4v) is 2.09. The molecule has 2 rings (SSSR count). The number of nitriles is 1. The van der Waals surface area contributed by atoms with Gasteiger partial charge >= 0.3 is 0 Å². The van der Waals surface area contributed by atoms with Crippen molar-refractivity contribution < 1.29 is 9.59 Å². The summed E-state index contributed by atoms with van der Waals surface area (Å²) >= 11 is 0. The number of hydrogen-bond acceptors (Lipinski definition) is 3. The van der Waals surface area contributed by atoms with E-state index in [4.69, 9.17) is 5.26 Å². The van der Waals surface area contributed by atoms with Crippen molar-refractivity contribution in [1.82, 2.24) is 0 Å². The van der Waals surface area contributed by atoms with Crippen molar-refractivity contribution in [3.05, 3.63) is 59.7 Å². The second-order valence-corrected chi connectivity index (χ2v) is 5.13. The summed E-state index contributed by atoms with van der Waals surface area (Å²) in [6.07, 6.45) is 0.198. The number of para-hydroxylation sites is 1. The number of rotatable bonds is 4. The van der Waals surface area contributed by atoms with Gasteiger partial charge < -0.3 is 10.2 Å². The molecule has 23 heavy (non-hydrogen) atoms. The molecule has 0 heterocycles. The lowest BCUT2D eigenvalue weighted by Crippen LogP contribution is -2.22. The highest BCUT2D eigenvalue weighted by Crippen LogP contribution is 2.16. The number of carbonyl (C=O) groups is 2. The van der Waals surface area contributed by atoms with Crippen molar-refractivity contribution in [1.29, 1.82) is 5.26 Å². The molecular formula is C18H17N3O2. The zero-order chi connectivity index (χ0) is 16.8. The van der Waals surface area contributed by atoms with Gasteiger partial charge in [-0.25, -0.2) is 0 Å². The third kappa shape index (κ3) is 4.17. The summed E-state index contributed by atoms with van der Waals surface area (Å²) in [7, 11) is 1.70. The zero-order valence-corrected chi connectivity index (χ0v) is 13.0. The van der Waals surface area contributed by atoms with E-state index in [-0.39, 0.29) is 18.2 Å². The Bertz CT molecular complexity index is 761. The van der Waals surface area contributed by atoms with Gasteiger partial charge in [0.25, 0.3) is 0 Å². The molecule has 0 atom stereocenters. The second kappa shape index (κ2) is 7.23. The molecule has 116 valence electrons. The highest BCUT2D eigenvalue weighted by molar-refractivity contribution is 5.94. The maximum atomic E-state index is 12.1. The lowest BCUT2D eigenvalue weighted by Gasteiger charge is -2.15. The third-order valence-corrected chi connectivity index (χ3v) is 3.48. The van der Waals surface area contributed by atoms with E-state index in [0.29, 0.717) is 11.3 Å². The first-order chi connectivity index (χ1) is 11.0. The number of hydrogen-bond donors (Lipinski definition) is 1. The normalized spacial score (nSPS) is 9.78. The summed E-state index contributed by atoms with van der Waals surface area (Å²) in [5.41, 5.74) is 2.54. The van der Waals surface area contributed by atoms with Crippen LogP contribution < -0.4 is 10.2 Å². The Morgan fingerprint density at radius 1 is 1.13 bits per heavy atom. The SMILES string of the molecule is CC(=O)N(C)c1ccc(CC(=O)Nc2ccccc2C#N)cc1. The molecule has 0 aromatic heterocycles. The molecule has 0 spiro atoms. The van der Waals surface area contributed by atoms with Crippen LogP contribution in [0.2, 0.25) is 0 Å². The van der Waals surface area contributed by atoms with Crippen LogP contribution in [0.3, 0.4) is 0 Å². The molecule has 0 aliphatic carbocycles. The Morgan fingerprint density at radius 3 is 2.39 bits per heavy atom. The molecular weight excluding hydrogens is 290 g/mol. The van der Waals surface area contributed by atoms with Gasteiger partial charge in [-0.3, -0.25) is 9.59 Å². The van der Waals surface area contributed by atoms with Crippen LogP contribution in [0.5, 0.6) is 0 Å². The molecule has 0 bridgehead atoms. The molecule has 0 saturated carbocycles. The molecule has 0 aliphatic heterocycles. The predicted octanol–water partition coefficient (Wildman–Crippen LogP) is 2.72. The fraction of sp³-hybridized carbons (Fsp3) is 0.167. The van der Waals surface area contributed by atoms with Crippen LogP contribution in [0.25, 0.3) is 0 Å². The van der Waals surface area contributed by atoms with Crippen LogP contribution in [-0.4, -0.2) is 18.9 Å². The molecule has 0 aliphatic rings. The first-order valence-corrected chi connectivity index (χ1v) is 7.13. The van der Waals surface area contributed by atoms with Gasteiger partial charge in [0.1, 0.15) is 6.07 Å². The lowest BCUT2D eigenvalue weighted by molar-refractivity contribution is -0.116. The number of anilines is 2. The molecule has 5 nitrogen and oxygen atoms in total. The van der Waals surface area contributed by atoms with Gasteiger partial charge in [0.05, 0.1) is 17.7 Å². The Labute approximate surface area is 135 Å². The first kappa shape index (κ1) is 16.2. The van der Waals surface area contributed by atoms with Gasteiger partial charge in [-0.1, -0.05) is 24.3 Å². The summed E-state index contributed by atoms with van der Waals surface area (Å²) < 4.78 is 0. The summed E-state index contributed by atoms with van der Waals surface area (Å²) in [5.74, 6) is -0.246. The van der Waals surface area contributed by atoms with Crippen LogP contribution in [0.4, 0.5) is 11.4 Å². The van der Waals surface area contributed by atoms with Crippen molar-refractivity contribution >= 4 is 23.2 Å². The summed E-state index contributed by atoms with van der Waals surface area (Å²) in [4.78, 5) is 24.9. The molecule has 0 fully saturated rings. The van der Waals surface area contributed by atoms with Crippen molar-refractivity contribution in [2.24, 2.45) is 0 Å². The number of benzene rings is 2. The molecule has 5 heteroatoms. The van der Waals surface area contributed by atoms with Crippen molar-refractivity contribution in [2.45, 2.75) is 13.3 Å². The maximum Gasteiger partial charge on any atom is 0.228 e. The van der Waals surface area contributed by atoms with Gasteiger partial charge in [-0.05, 0) is 29.8 Å². The van der Waals surface area contributed by atoms with E-state index < -0.39 is 0 Å². The van der Waals surface area contributed by atoms with Gasteiger partial charge in [0.15, 0.2) is 0 Å². The minimum absolute atomic E-state index is 0.0522. The third-order valence-electron chi connectivity index (χ3n) is 3.48. The van der Waals surface area contributed by atoms with E-state index in [1.165, 1.54) is 11.8 Å². The van der Waals surface area contributed by atoms with Gasteiger partial charge in [-0.15, -0.1) is 0 Å². The first-order valence-electron chi connectivity index (χ1n) is 7.13. The minimum Gasteiger partial charge on any atom is -0.325 e. The zero-order valence-electron chi connectivity index (χ0n) is 13.0. The Balaban J connectivity index is 2.03. The largest absolute Gasteiger partial charge is 0.325 e. The molecule has 0 radical (unpaired) electrons. The highest BCUT2D eigenvalue weighted by atomic mass is 16.2. The molecule has 2 amide bonds. The highest BCUT2D eigenvalue weighted by Gasteiger charge is 2.09. The fourth-order valence-electron chi connectivity index (χ4n) is 2.09. The van der Waals surface area contributed by atoms with Crippen LogP contribution >= 0.6 is 0 Å². The predicted molar refractivity (Wildman–Crippen MR) is 89.0 cm³/mol. The monoisotopic (exact) mass is 307 g/mol. The second-order valence-electron chi connectivity index (χ2n) is 5.13. The van der Waals surface area contributed by atoms with Crippen molar-refractivity contribution in [2.75, 3.05) is 17.3 Å². The van der Waals surface area contributed by atoms with Crippen LogP contribution in [0, 0.1) is 11.3 Å². The van der Waals surface area contributed by atoms with Crippen molar-refractivity contribution in [3.8, 4) is 6.07 Å². The van der Waals surface area contributed by atoms with Gasteiger partial charge in [0, 0.05) is 19.7 Å². The van der Waals surface area contributed by atoms with Crippen LogP contribution in [0.15, 0.2) is 48.5 Å². The van der Waals surface area contributed by atoms with E-state index in [1.54, 1.807) is 43.4 Å². The molecule has 0 saturated heterocycles. The van der Waals surface area contributed by atoms with E-state index >= 15 is 0 Å². The summed E-state index contributed by atoms with van der Waals surface area (Å²) in [6.45, 7) is 1.49. The molecule has 0 unspecified atom stereocenters. The van der Waals surface area contributed by atoms with E-state index in [2.05, 4.69) is 5.32 Å². The van der Waals surface area contributed by atoms with Gasteiger partial charge in [0.2, 0.25) is 11.8 Å². The van der Waals surface area contributed by atoms with Crippen molar-refractivity contribution in [3.63, 3.8) is 0 Å². The Kier molecular flexibility index (Phi) is 5.11. The van der Waals surface area contributed by atoms with E-state index in [9.17, 15) is 9.59 Å². The average Bonchev–Trinajstić information content (AvgIpc) is 2.55. The summed E-state index contributed by atoms with van der Waals surface area (Å²) in [5, 5.41) is 11.8. The van der Waals surface area contributed by atoms with E-state index in [0.717, 1.165) is 11.3 Å². The quantitative estimate of drug-likeness (QED) is 0.944. The smallest absolute Gasteiger partial charge is 0.228 e. The van der Waals surface area contributed by atoms with Crippen LogP contribution in [0.1, 0.15) is 18.1 Å². The number of nitrogens with one attached hydrogen (secondary N) is 1. The summed E-state index contributed by atoms with van der Waals surface area (Å²) in [6, 6.07) is 16.1. The number of nitrogens with zero attached hydrogens (tertiary/aromatic N) is 2. The Hall–Kier alpha value is -3.13. The number of carbonyl (C=O) groups excluding carboxylic acids is 2. The average molecular weight is 307 g/mol. The van der Waals surface area contributed by atoms with Gasteiger partial charge in [-0.2, -0.15) is 5.26 Å². The topological polar surface area (TPSA) is 73.2 Å². The van der Waals surface area contributed by atoms with E-state index in [1.807, 2.05) is 18.2 Å². The van der Waals surface area contributed by atoms with Crippen LogP contribution in [-0.2, 0) is 16.0 Å². The molecule has 2 aromatic carbocycles. The molecule has 2 aromatic rings. The Morgan fingerprint density at radius 2 is 1.78 bits per heavy atom. The maximum absolute atomic E-state index is 12.1. The molecule has 1 N–H and O–H groups in total. The standard InChI is InChI=1S/C18H17N3O2/c1-13(22)21(2)16-9-7-14(8-10-16)11-18(23)20-17-6-4-3-5-15(17)12-19/h3-10H,11H2,1-2H3,(H,20,23).